The summed E-state index contributed by atoms with van der Waals surface area (Å²) in [5, 5.41) is 0. The molecular formula is C13H16F2O. The minimum atomic E-state index is -1.03. The number of hydrogen-bond donors (Lipinski definition) is 0. The minimum Gasteiger partial charge on any atom is -0.294 e. The van der Waals surface area contributed by atoms with Crippen molar-refractivity contribution in [3.05, 3.63) is 35.4 Å². The highest BCUT2D eigenvalue weighted by Crippen LogP contribution is 2.15. The monoisotopic (exact) mass is 226 g/mol. The first-order chi connectivity index (χ1) is 7.52. The van der Waals surface area contributed by atoms with Crippen LogP contribution in [0.3, 0.4) is 0 Å². The SMILES string of the molecule is CC(C)CCCC(=O)c1cccc(F)c1F. The Morgan fingerprint density at radius 3 is 2.62 bits per heavy atom. The van der Waals surface area contributed by atoms with E-state index in [0.717, 1.165) is 12.5 Å². The molecular weight excluding hydrogens is 210 g/mol. The van der Waals surface area contributed by atoms with Gasteiger partial charge in [0.1, 0.15) is 0 Å². The number of Topliss-reactive ketones (excluding diaryl/α,β-unsaturated/α-hetero) is 1. The second-order valence-corrected chi connectivity index (χ2v) is 4.31. The predicted octanol–water partition coefficient (Wildman–Crippen LogP) is 3.97. The Morgan fingerprint density at radius 2 is 2.00 bits per heavy atom. The lowest BCUT2D eigenvalue weighted by Crippen LogP contribution is -2.04. The highest BCUT2D eigenvalue weighted by molar-refractivity contribution is 5.96. The third-order valence-corrected chi connectivity index (χ3v) is 2.44. The normalized spacial score (nSPS) is 10.8. The summed E-state index contributed by atoms with van der Waals surface area (Å²) in [6.45, 7) is 4.13. The summed E-state index contributed by atoms with van der Waals surface area (Å²) in [5.41, 5.74) is -0.135. The van der Waals surface area contributed by atoms with Crippen molar-refractivity contribution in [2.24, 2.45) is 5.92 Å². The first-order valence-electron chi connectivity index (χ1n) is 5.49. The summed E-state index contributed by atoms with van der Waals surface area (Å²) in [4.78, 5) is 11.6. The van der Waals surface area contributed by atoms with Gasteiger partial charge in [0.2, 0.25) is 0 Å². The summed E-state index contributed by atoms with van der Waals surface area (Å²) in [7, 11) is 0. The van der Waals surface area contributed by atoms with Crippen LogP contribution in [0.4, 0.5) is 8.78 Å². The molecule has 0 atom stereocenters. The van der Waals surface area contributed by atoms with Gasteiger partial charge in [-0.1, -0.05) is 26.3 Å². The molecule has 0 saturated carbocycles. The van der Waals surface area contributed by atoms with Gasteiger partial charge in [0, 0.05) is 6.42 Å². The molecule has 0 aliphatic carbocycles. The Labute approximate surface area is 94.5 Å². The van der Waals surface area contributed by atoms with Gasteiger partial charge in [-0.2, -0.15) is 0 Å². The van der Waals surface area contributed by atoms with E-state index in [2.05, 4.69) is 13.8 Å². The van der Waals surface area contributed by atoms with Crippen molar-refractivity contribution >= 4 is 5.78 Å². The Kier molecular flexibility index (Phi) is 4.59. The molecule has 0 heterocycles. The molecule has 0 bridgehead atoms. The molecule has 0 aromatic heterocycles. The van der Waals surface area contributed by atoms with E-state index in [9.17, 15) is 13.6 Å². The number of rotatable bonds is 5. The molecule has 0 spiro atoms. The second-order valence-electron chi connectivity index (χ2n) is 4.31. The Morgan fingerprint density at radius 1 is 1.31 bits per heavy atom. The van der Waals surface area contributed by atoms with Gasteiger partial charge in [0.05, 0.1) is 5.56 Å². The Balaban J connectivity index is 2.63. The molecule has 0 N–H and O–H groups in total. The molecule has 3 heteroatoms. The number of hydrogen-bond acceptors (Lipinski definition) is 1. The van der Waals surface area contributed by atoms with E-state index < -0.39 is 11.6 Å². The second kappa shape index (κ2) is 5.73. The minimum absolute atomic E-state index is 0.135. The molecule has 1 nitrogen and oxygen atoms in total. The Bertz CT molecular complexity index is 372. The van der Waals surface area contributed by atoms with Crippen LogP contribution in [-0.4, -0.2) is 5.78 Å². The van der Waals surface area contributed by atoms with Crippen molar-refractivity contribution in [1.29, 1.82) is 0 Å². The lowest BCUT2D eigenvalue weighted by molar-refractivity contribution is 0.0973. The van der Waals surface area contributed by atoms with E-state index in [-0.39, 0.29) is 17.8 Å². The van der Waals surface area contributed by atoms with Gasteiger partial charge in [0.25, 0.3) is 0 Å². The quantitative estimate of drug-likeness (QED) is 0.694. The van der Waals surface area contributed by atoms with Crippen molar-refractivity contribution in [2.45, 2.75) is 33.1 Å². The summed E-state index contributed by atoms with van der Waals surface area (Å²) in [5.74, 6) is -1.80. The van der Waals surface area contributed by atoms with E-state index in [1.165, 1.54) is 12.1 Å². The zero-order valence-corrected chi connectivity index (χ0v) is 9.59. The number of benzene rings is 1. The topological polar surface area (TPSA) is 17.1 Å². The molecule has 1 aromatic carbocycles. The van der Waals surface area contributed by atoms with E-state index >= 15 is 0 Å². The molecule has 0 unspecified atom stereocenters. The highest BCUT2D eigenvalue weighted by atomic mass is 19.2. The maximum Gasteiger partial charge on any atom is 0.169 e. The molecule has 0 saturated heterocycles. The summed E-state index contributed by atoms with van der Waals surface area (Å²) in [6.07, 6.45) is 1.91. The van der Waals surface area contributed by atoms with Gasteiger partial charge in [-0.15, -0.1) is 0 Å². The van der Waals surface area contributed by atoms with Crippen LogP contribution in [0.25, 0.3) is 0 Å². The van der Waals surface area contributed by atoms with Crippen LogP contribution in [0.2, 0.25) is 0 Å². The number of halogens is 2. The molecule has 0 fully saturated rings. The molecule has 1 rings (SSSR count). The van der Waals surface area contributed by atoms with E-state index in [0.29, 0.717) is 12.3 Å². The molecule has 0 radical (unpaired) electrons. The Hall–Kier alpha value is -1.25. The van der Waals surface area contributed by atoms with Gasteiger partial charge in [0.15, 0.2) is 17.4 Å². The van der Waals surface area contributed by atoms with Crippen molar-refractivity contribution in [3.63, 3.8) is 0 Å². The number of carbonyl (C=O) groups excluding carboxylic acids is 1. The largest absolute Gasteiger partial charge is 0.294 e. The van der Waals surface area contributed by atoms with E-state index in [4.69, 9.17) is 0 Å². The fourth-order valence-electron chi connectivity index (χ4n) is 1.52. The number of carbonyl (C=O) groups is 1. The standard InChI is InChI=1S/C13H16F2O/c1-9(2)5-3-8-12(16)10-6-4-7-11(14)13(10)15/h4,6-7,9H,3,5,8H2,1-2H3. The van der Waals surface area contributed by atoms with Crippen LogP contribution in [0.5, 0.6) is 0 Å². The highest BCUT2D eigenvalue weighted by Gasteiger charge is 2.14. The molecule has 0 amide bonds. The third kappa shape index (κ3) is 3.40. The summed E-state index contributed by atoms with van der Waals surface area (Å²) < 4.78 is 26.1. The van der Waals surface area contributed by atoms with Crippen LogP contribution in [0, 0.1) is 17.6 Å². The lowest BCUT2D eigenvalue weighted by Gasteiger charge is -2.05. The first kappa shape index (κ1) is 12.8. The van der Waals surface area contributed by atoms with Crippen LogP contribution in [0.15, 0.2) is 18.2 Å². The molecule has 88 valence electrons. The molecule has 16 heavy (non-hydrogen) atoms. The third-order valence-electron chi connectivity index (χ3n) is 2.44. The molecule has 1 aromatic rings. The maximum atomic E-state index is 13.2. The van der Waals surface area contributed by atoms with Crippen molar-refractivity contribution in [2.75, 3.05) is 0 Å². The van der Waals surface area contributed by atoms with Gasteiger partial charge in [-0.25, -0.2) is 8.78 Å². The van der Waals surface area contributed by atoms with E-state index in [1.807, 2.05) is 0 Å². The average molecular weight is 226 g/mol. The smallest absolute Gasteiger partial charge is 0.169 e. The average Bonchev–Trinajstić information content (AvgIpc) is 2.21. The zero-order valence-electron chi connectivity index (χ0n) is 9.59. The fraction of sp³-hybridized carbons (Fsp3) is 0.462. The van der Waals surface area contributed by atoms with Crippen LogP contribution < -0.4 is 0 Å². The van der Waals surface area contributed by atoms with Crippen LogP contribution in [-0.2, 0) is 0 Å². The first-order valence-corrected chi connectivity index (χ1v) is 5.49. The zero-order chi connectivity index (χ0) is 12.1. The summed E-state index contributed by atoms with van der Waals surface area (Å²) in [6, 6.07) is 3.70. The van der Waals surface area contributed by atoms with Gasteiger partial charge in [-0.3, -0.25) is 4.79 Å². The van der Waals surface area contributed by atoms with Gasteiger partial charge in [-0.05, 0) is 24.5 Å². The maximum absolute atomic E-state index is 13.2. The van der Waals surface area contributed by atoms with Crippen molar-refractivity contribution < 1.29 is 13.6 Å². The van der Waals surface area contributed by atoms with Crippen molar-refractivity contribution in [3.8, 4) is 0 Å². The predicted molar refractivity (Wildman–Crippen MR) is 59.4 cm³/mol. The fourth-order valence-corrected chi connectivity index (χ4v) is 1.52. The lowest BCUT2D eigenvalue weighted by atomic mass is 10.0. The van der Waals surface area contributed by atoms with E-state index in [1.54, 1.807) is 0 Å². The van der Waals surface area contributed by atoms with Crippen molar-refractivity contribution in [1.82, 2.24) is 0 Å². The van der Waals surface area contributed by atoms with Crippen LogP contribution in [0.1, 0.15) is 43.5 Å². The summed E-state index contributed by atoms with van der Waals surface area (Å²) >= 11 is 0. The molecule has 0 aliphatic rings. The number of ketones is 1. The van der Waals surface area contributed by atoms with Crippen LogP contribution >= 0.6 is 0 Å². The van der Waals surface area contributed by atoms with Gasteiger partial charge < -0.3 is 0 Å². The molecule has 0 aliphatic heterocycles. The van der Waals surface area contributed by atoms with Gasteiger partial charge >= 0.3 is 0 Å².